The van der Waals surface area contributed by atoms with Crippen LogP contribution < -0.4 is 14.2 Å². The number of allylic oxidation sites excluding steroid dienone is 1. The van der Waals surface area contributed by atoms with Crippen LogP contribution in [-0.4, -0.2) is 78.0 Å². The highest BCUT2D eigenvalue weighted by atomic mass is 16.5. The summed E-state index contributed by atoms with van der Waals surface area (Å²) in [5, 5.41) is 7.60. The number of benzene rings is 3. The lowest BCUT2D eigenvalue weighted by atomic mass is 10.1. The fraction of sp³-hybridized carbons (Fsp3) is 0.438. The molecule has 0 aliphatic carbocycles. The van der Waals surface area contributed by atoms with E-state index in [0.29, 0.717) is 54.3 Å². The topological polar surface area (TPSA) is 148 Å². The fourth-order valence-corrected chi connectivity index (χ4v) is 4.54. The first kappa shape index (κ1) is 55.7. The summed E-state index contributed by atoms with van der Waals surface area (Å²) < 4.78 is 31.7. The summed E-state index contributed by atoms with van der Waals surface area (Å²) in [5.41, 5.74) is 2.62. The third-order valence-corrected chi connectivity index (χ3v) is 7.46. The van der Waals surface area contributed by atoms with Crippen LogP contribution in [0.2, 0.25) is 0 Å². The summed E-state index contributed by atoms with van der Waals surface area (Å²) in [4.78, 5) is 42.9. The van der Waals surface area contributed by atoms with Gasteiger partial charge >= 0.3 is 11.9 Å². The van der Waals surface area contributed by atoms with Crippen molar-refractivity contribution in [2.75, 3.05) is 47.3 Å². The van der Waals surface area contributed by atoms with E-state index in [0.717, 1.165) is 88.3 Å². The number of carbonyl (C=O) groups excluding carboxylic acids is 4. The smallest absolute Gasteiger partial charge is 0.343 e. The summed E-state index contributed by atoms with van der Waals surface area (Å²) in [6.07, 6.45) is 15.1. The molecule has 0 atom stereocenters. The Morgan fingerprint density at radius 3 is 1.63 bits per heavy atom. The van der Waals surface area contributed by atoms with E-state index in [9.17, 15) is 14.4 Å². The van der Waals surface area contributed by atoms with Crippen molar-refractivity contribution in [3.63, 3.8) is 0 Å². The minimum absolute atomic E-state index is 0.343. The van der Waals surface area contributed by atoms with Crippen molar-refractivity contribution < 1.29 is 47.6 Å². The van der Waals surface area contributed by atoms with Gasteiger partial charge in [0.25, 0.3) is 0 Å². The third-order valence-electron chi connectivity index (χ3n) is 7.46. The molecule has 0 aliphatic rings. The fourth-order valence-electron chi connectivity index (χ4n) is 4.54. The zero-order chi connectivity index (χ0) is 44.4. The van der Waals surface area contributed by atoms with Gasteiger partial charge in [0.1, 0.15) is 29.8 Å². The van der Waals surface area contributed by atoms with Gasteiger partial charge in [-0.05, 0) is 124 Å². The lowest BCUT2D eigenvalue weighted by Crippen LogP contribution is -2.10. The first-order chi connectivity index (χ1) is 28.8. The number of nitrogens with one attached hydrogen (secondary N) is 1. The predicted molar refractivity (Wildman–Crippen MR) is 238 cm³/mol. The molecule has 3 aromatic rings. The van der Waals surface area contributed by atoms with Crippen LogP contribution in [0.25, 0.3) is 0 Å². The third kappa shape index (κ3) is 30.4. The number of carbonyl (C=O) groups is 4. The molecule has 326 valence electrons. The van der Waals surface area contributed by atoms with E-state index >= 15 is 0 Å². The minimum atomic E-state index is -0.494. The van der Waals surface area contributed by atoms with Crippen molar-refractivity contribution in [3.05, 3.63) is 114 Å². The number of unbranched alkanes of at least 4 members (excludes halogenated alkanes) is 6. The predicted octanol–water partition coefficient (Wildman–Crippen LogP) is 10.7. The van der Waals surface area contributed by atoms with E-state index in [1.807, 2.05) is 38.1 Å². The number of methoxy groups -OCH3 is 2. The first-order valence-electron chi connectivity index (χ1n) is 20.4. The highest BCUT2D eigenvalue weighted by molar-refractivity contribution is 5.93. The van der Waals surface area contributed by atoms with Gasteiger partial charge in [0.15, 0.2) is 0 Å². The molecular weight excluding hydrogens is 751 g/mol. The Labute approximate surface area is 353 Å². The maximum absolute atomic E-state index is 12.5. The lowest BCUT2D eigenvalue weighted by molar-refractivity contribution is -0.137. The highest BCUT2D eigenvalue weighted by Gasteiger charge is 2.12. The van der Waals surface area contributed by atoms with Crippen molar-refractivity contribution in [1.29, 1.82) is 5.41 Å². The van der Waals surface area contributed by atoms with E-state index in [1.54, 1.807) is 56.7 Å². The number of rotatable bonds is 25. The van der Waals surface area contributed by atoms with Gasteiger partial charge in [-0.1, -0.05) is 59.8 Å². The molecule has 0 spiro atoms. The molecule has 0 aromatic heterocycles. The highest BCUT2D eigenvalue weighted by Crippen LogP contribution is 2.21. The lowest BCUT2D eigenvalue weighted by Gasteiger charge is -2.10. The molecule has 59 heavy (non-hydrogen) atoms. The second kappa shape index (κ2) is 40.8. The Morgan fingerprint density at radius 2 is 1.17 bits per heavy atom. The van der Waals surface area contributed by atoms with E-state index in [1.165, 1.54) is 25.1 Å². The van der Waals surface area contributed by atoms with Crippen LogP contribution >= 0.6 is 0 Å². The number of hydrogen-bond donors (Lipinski definition) is 1. The van der Waals surface area contributed by atoms with Crippen molar-refractivity contribution in [1.82, 2.24) is 0 Å². The van der Waals surface area contributed by atoms with Crippen molar-refractivity contribution in [3.8, 4) is 17.2 Å². The molecular formula is C48H69NO10. The molecule has 1 N–H and O–H groups in total. The Kier molecular flexibility index (Phi) is 38.5. The monoisotopic (exact) mass is 819 g/mol. The zero-order valence-corrected chi connectivity index (χ0v) is 36.3. The molecule has 3 rings (SSSR count). The van der Waals surface area contributed by atoms with E-state index in [4.69, 9.17) is 38.6 Å². The van der Waals surface area contributed by atoms with Crippen LogP contribution in [0.3, 0.4) is 0 Å². The maximum atomic E-state index is 12.5. The second-order valence-corrected chi connectivity index (χ2v) is 12.3. The second-order valence-electron chi connectivity index (χ2n) is 12.3. The van der Waals surface area contributed by atoms with E-state index < -0.39 is 11.9 Å². The van der Waals surface area contributed by atoms with Crippen LogP contribution in [0.1, 0.15) is 117 Å². The number of esters is 2. The maximum Gasteiger partial charge on any atom is 0.343 e. The molecule has 0 heterocycles. The number of aldehydes is 2. The normalized spacial score (nSPS) is 9.46. The standard InChI is InChI=1S/C26H31NO6.C14H20O3.C3H4O.C3H8.C2H6/c1-3-25(28)32-16-7-5-4-6-15-31-23-11-9-21(10-12-23)26(29)33-24-13-8-20(14-17-30-2)18-22(24)19-27;1-16-10-4-2-3-5-11-17-14-8-6-13(12-15)7-9-14;1-2-3-4;1-3-2;1-2/h3,8-13,18-19,27H,1,4-7,14-17H2,2H3;6-9,12H,2-5,10-11H2,1H3;2-3H,1H2;3H2,1-2H3;1-2H3. The van der Waals surface area contributed by atoms with Gasteiger partial charge in [-0.25, -0.2) is 9.59 Å². The summed E-state index contributed by atoms with van der Waals surface area (Å²) in [5.74, 6) is 0.959. The average Bonchev–Trinajstić information content (AvgIpc) is 3.28. The molecule has 0 aliphatic heterocycles. The number of hydrogen-bond acceptors (Lipinski definition) is 11. The molecule has 0 unspecified atom stereocenters. The van der Waals surface area contributed by atoms with Gasteiger partial charge in [0.2, 0.25) is 0 Å². The Balaban J connectivity index is 0. The van der Waals surface area contributed by atoms with Gasteiger partial charge in [-0.2, -0.15) is 0 Å². The van der Waals surface area contributed by atoms with Gasteiger partial charge in [-0.15, -0.1) is 0 Å². The van der Waals surface area contributed by atoms with Crippen molar-refractivity contribution in [2.45, 2.75) is 91.9 Å². The minimum Gasteiger partial charge on any atom is -0.494 e. The Bertz CT molecular complexity index is 1530. The van der Waals surface area contributed by atoms with Gasteiger partial charge in [-0.3, -0.25) is 9.59 Å². The molecule has 0 saturated carbocycles. The Morgan fingerprint density at radius 1 is 0.678 bits per heavy atom. The molecule has 0 bridgehead atoms. The molecule has 3 aromatic carbocycles. The molecule has 0 fully saturated rings. The Hall–Kier alpha value is -5.39. The summed E-state index contributed by atoms with van der Waals surface area (Å²) in [7, 11) is 3.37. The molecule has 0 radical (unpaired) electrons. The van der Waals surface area contributed by atoms with Crippen LogP contribution in [0, 0.1) is 5.41 Å². The van der Waals surface area contributed by atoms with Crippen LogP contribution in [-0.2, 0) is 30.2 Å². The van der Waals surface area contributed by atoms with Crippen LogP contribution in [0.5, 0.6) is 17.2 Å². The molecule has 0 amide bonds. The van der Waals surface area contributed by atoms with E-state index in [-0.39, 0.29) is 0 Å². The van der Waals surface area contributed by atoms with Crippen molar-refractivity contribution in [2.24, 2.45) is 0 Å². The summed E-state index contributed by atoms with van der Waals surface area (Å²) >= 11 is 0. The van der Waals surface area contributed by atoms with Gasteiger partial charge in [0, 0.05) is 44.2 Å². The van der Waals surface area contributed by atoms with Crippen LogP contribution in [0.15, 0.2) is 92.0 Å². The summed E-state index contributed by atoms with van der Waals surface area (Å²) in [6, 6.07) is 19.3. The zero-order valence-electron chi connectivity index (χ0n) is 36.3. The first-order valence-corrected chi connectivity index (χ1v) is 20.4. The largest absolute Gasteiger partial charge is 0.494 e. The van der Waals surface area contributed by atoms with Gasteiger partial charge in [0.05, 0.1) is 32.0 Å². The molecule has 11 nitrogen and oxygen atoms in total. The van der Waals surface area contributed by atoms with Gasteiger partial charge < -0.3 is 33.8 Å². The molecule has 0 saturated heterocycles. The SMILES string of the molecule is C=CC(=O)OCCCCCCOc1ccc(C(=O)Oc2ccc(CCOC)cc2C=N)cc1.C=CC=O.CC.CCC.COCCCCCCOc1ccc(C=O)cc1. The molecule has 11 heteroatoms. The number of ether oxygens (including phenoxy) is 6. The summed E-state index contributed by atoms with van der Waals surface area (Å²) in [6.45, 7) is 17.8. The van der Waals surface area contributed by atoms with Crippen molar-refractivity contribution >= 4 is 30.7 Å². The average molecular weight is 820 g/mol. The van der Waals surface area contributed by atoms with Crippen LogP contribution in [0.4, 0.5) is 0 Å². The van der Waals surface area contributed by atoms with E-state index in [2.05, 4.69) is 27.0 Å². The quantitative estimate of drug-likeness (QED) is 0.0219.